The van der Waals surface area contributed by atoms with Crippen LogP contribution < -0.4 is 4.74 Å². The van der Waals surface area contributed by atoms with Crippen LogP contribution in [0.2, 0.25) is 0 Å². The van der Waals surface area contributed by atoms with Gasteiger partial charge in [0.25, 0.3) is 0 Å². The fourth-order valence-corrected chi connectivity index (χ4v) is 3.24. The van der Waals surface area contributed by atoms with Crippen molar-refractivity contribution in [1.29, 1.82) is 0 Å². The molecule has 2 atom stereocenters. The van der Waals surface area contributed by atoms with Crippen LogP contribution in [0.5, 0.6) is 17.2 Å². The van der Waals surface area contributed by atoms with Crippen molar-refractivity contribution in [3.8, 4) is 17.2 Å². The second kappa shape index (κ2) is 5.14. The van der Waals surface area contributed by atoms with E-state index in [0.717, 1.165) is 25.9 Å². The number of hydrogen-bond acceptors (Lipinski definition) is 5. The van der Waals surface area contributed by atoms with Gasteiger partial charge in [0, 0.05) is 30.0 Å². The minimum atomic E-state index is -0.605. The molecule has 5 heteroatoms. The van der Waals surface area contributed by atoms with E-state index in [1.807, 2.05) is 0 Å². The molecule has 0 amide bonds. The molecular weight excluding hydrogens is 258 g/mol. The molecule has 1 saturated heterocycles. The van der Waals surface area contributed by atoms with Crippen LogP contribution in [-0.4, -0.2) is 52.6 Å². The Morgan fingerprint density at radius 2 is 1.90 bits per heavy atom. The molecule has 2 unspecified atom stereocenters. The van der Waals surface area contributed by atoms with Gasteiger partial charge in [-0.1, -0.05) is 0 Å². The topological polar surface area (TPSA) is 73.2 Å². The van der Waals surface area contributed by atoms with Gasteiger partial charge in [-0.25, -0.2) is 0 Å². The summed E-state index contributed by atoms with van der Waals surface area (Å²) in [6, 6.07) is 2.80. The molecule has 2 heterocycles. The number of phenolic OH excluding ortho intramolecular Hbond substituents is 2. The number of likely N-dealkylation sites (tertiary alicyclic amines) is 1. The summed E-state index contributed by atoms with van der Waals surface area (Å²) in [6.45, 7) is 2.02. The second-order valence-corrected chi connectivity index (χ2v) is 5.94. The first-order chi connectivity index (χ1) is 9.54. The van der Waals surface area contributed by atoms with Crippen molar-refractivity contribution < 1.29 is 20.1 Å². The number of nitrogens with zero attached hydrogens (tertiary/aromatic N) is 1. The number of benzene rings is 1. The van der Waals surface area contributed by atoms with Gasteiger partial charge in [-0.05, 0) is 33.0 Å². The van der Waals surface area contributed by atoms with Crippen LogP contribution in [0.25, 0.3) is 0 Å². The third-order valence-corrected chi connectivity index (χ3v) is 4.45. The predicted molar refractivity (Wildman–Crippen MR) is 74.1 cm³/mol. The Hall–Kier alpha value is -1.46. The first-order valence-corrected chi connectivity index (χ1v) is 7.12. The number of rotatable bonds is 1. The van der Waals surface area contributed by atoms with Crippen molar-refractivity contribution in [2.24, 2.45) is 5.92 Å². The molecule has 0 saturated carbocycles. The van der Waals surface area contributed by atoms with Crippen molar-refractivity contribution in [3.63, 3.8) is 0 Å². The van der Waals surface area contributed by atoms with Gasteiger partial charge in [0.15, 0.2) is 0 Å². The van der Waals surface area contributed by atoms with E-state index in [4.69, 9.17) is 4.74 Å². The van der Waals surface area contributed by atoms with Crippen molar-refractivity contribution in [2.75, 3.05) is 20.1 Å². The molecular formula is C15H21NO4. The highest BCUT2D eigenvalue weighted by Gasteiger charge is 2.37. The van der Waals surface area contributed by atoms with Gasteiger partial charge in [-0.2, -0.15) is 0 Å². The molecule has 110 valence electrons. The number of aromatic hydroxyl groups is 2. The minimum absolute atomic E-state index is 0.0131. The lowest BCUT2D eigenvalue weighted by Crippen LogP contribution is -2.46. The Kier molecular flexibility index (Phi) is 3.48. The summed E-state index contributed by atoms with van der Waals surface area (Å²) in [6.07, 6.45) is 1.51. The van der Waals surface area contributed by atoms with Crippen molar-refractivity contribution in [2.45, 2.75) is 31.5 Å². The quantitative estimate of drug-likeness (QED) is 0.718. The van der Waals surface area contributed by atoms with E-state index in [0.29, 0.717) is 23.7 Å². The first kappa shape index (κ1) is 13.5. The number of aliphatic hydroxyl groups excluding tert-OH is 1. The highest BCUT2D eigenvalue weighted by Crippen LogP contribution is 2.40. The van der Waals surface area contributed by atoms with Gasteiger partial charge in [-0.15, -0.1) is 0 Å². The van der Waals surface area contributed by atoms with Gasteiger partial charge in [0.1, 0.15) is 23.4 Å². The molecule has 5 nitrogen and oxygen atoms in total. The van der Waals surface area contributed by atoms with Crippen LogP contribution in [0.4, 0.5) is 0 Å². The molecule has 3 N–H and O–H groups in total. The monoisotopic (exact) mass is 279 g/mol. The molecule has 0 spiro atoms. The molecule has 3 rings (SSSR count). The zero-order valence-corrected chi connectivity index (χ0v) is 11.6. The largest absolute Gasteiger partial charge is 0.508 e. The average molecular weight is 279 g/mol. The average Bonchev–Trinajstić information content (AvgIpc) is 2.40. The Morgan fingerprint density at radius 3 is 2.60 bits per heavy atom. The maximum Gasteiger partial charge on any atom is 0.130 e. The summed E-state index contributed by atoms with van der Waals surface area (Å²) in [4.78, 5) is 2.28. The summed E-state index contributed by atoms with van der Waals surface area (Å²) in [5.41, 5.74) is 0.583. The van der Waals surface area contributed by atoms with E-state index in [-0.39, 0.29) is 17.6 Å². The Labute approximate surface area is 118 Å². The zero-order valence-electron chi connectivity index (χ0n) is 11.6. The van der Waals surface area contributed by atoms with E-state index in [1.165, 1.54) is 12.1 Å². The summed E-state index contributed by atoms with van der Waals surface area (Å²) in [5, 5.41) is 29.7. The fourth-order valence-electron chi connectivity index (χ4n) is 3.24. The van der Waals surface area contributed by atoms with Gasteiger partial charge < -0.3 is 25.0 Å². The molecule has 20 heavy (non-hydrogen) atoms. The molecule has 2 aliphatic rings. The zero-order chi connectivity index (χ0) is 14.3. The van der Waals surface area contributed by atoms with Crippen LogP contribution in [0.15, 0.2) is 12.1 Å². The first-order valence-electron chi connectivity index (χ1n) is 7.12. The predicted octanol–water partition coefficient (Wildman–Crippen LogP) is 1.10. The number of aliphatic hydroxyl groups is 1. The van der Waals surface area contributed by atoms with E-state index in [9.17, 15) is 15.3 Å². The van der Waals surface area contributed by atoms with Crippen molar-refractivity contribution in [3.05, 3.63) is 17.7 Å². The second-order valence-electron chi connectivity index (χ2n) is 5.94. The van der Waals surface area contributed by atoms with Crippen molar-refractivity contribution >= 4 is 0 Å². The van der Waals surface area contributed by atoms with Crippen LogP contribution >= 0.6 is 0 Å². The van der Waals surface area contributed by atoms with E-state index < -0.39 is 6.10 Å². The number of hydrogen-bond donors (Lipinski definition) is 3. The lowest BCUT2D eigenvalue weighted by molar-refractivity contribution is -0.0284. The molecule has 1 fully saturated rings. The SMILES string of the molecule is CN1CCC(C2Oc3cc(O)cc(O)c3CC2O)CC1. The molecule has 2 aliphatic heterocycles. The van der Waals surface area contributed by atoms with Crippen LogP contribution in [-0.2, 0) is 6.42 Å². The number of phenols is 2. The highest BCUT2D eigenvalue weighted by molar-refractivity contribution is 5.51. The third-order valence-electron chi connectivity index (χ3n) is 4.45. The van der Waals surface area contributed by atoms with E-state index in [1.54, 1.807) is 0 Å². The minimum Gasteiger partial charge on any atom is -0.508 e. The van der Waals surface area contributed by atoms with Gasteiger partial charge in [0.2, 0.25) is 0 Å². The van der Waals surface area contributed by atoms with Crippen LogP contribution in [0, 0.1) is 5.92 Å². The maximum absolute atomic E-state index is 10.3. The lowest BCUT2D eigenvalue weighted by Gasteiger charge is -2.39. The molecule has 1 aromatic rings. The Balaban J connectivity index is 1.81. The molecule has 0 aromatic heterocycles. The molecule has 0 radical (unpaired) electrons. The Bertz CT molecular complexity index is 497. The number of fused-ring (bicyclic) bond motifs is 1. The summed E-state index contributed by atoms with van der Waals surface area (Å²) < 4.78 is 5.89. The molecule has 0 bridgehead atoms. The fraction of sp³-hybridized carbons (Fsp3) is 0.600. The van der Waals surface area contributed by atoms with Crippen molar-refractivity contribution in [1.82, 2.24) is 4.90 Å². The van der Waals surface area contributed by atoms with Gasteiger partial charge in [-0.3, -0.25) is 0 Å². The summed E-state index contributed by atoms with van der Waals surface area (Å²) >= 11 is 0. The Morgan fingerprint density at radius 1 is 1.20 bits per heavy atom. The number of piperidine rings is 1. The third kappa shape index (κ3) is 2.43. The van der Waals surface area contributed by atoms with Gasteiger partial charge in [0.05, 0.1) is 6.10 Å². The highest BCUT2D eigenvalue weighted by atomic mass is 16.5. The van der Waals surface area contributed by atoms with E-state index in [2.05, 4.69) is 11.9 Å². The summed E-state index contributed by atoms with van der Waals surface area (Å²) in [5.74, 6) is 0.788. The normalized spacial score (nSPS) is 27.9. The molecule has 1 aromatic carbocycles. The van der Waals surface area contributed by atoms with Crippen LogP contribution in [0.3, 0.4) is 0 Å². The molecule has 0 aliphatic carbocycles. The smallest absolute Gasteiger partial charge is 0.130 e. The van der Waals surface area contributed by atoms with Gasteiger partial charge >= 0.3 is 0 Å². The summed E-state index contributed by atoms with van der Waals surface area (Å²) in [7, 11) is 2.10. The maximum atomic E-state index is 10.3. The standard InChI is InChI=1S/C15H21NO4/c1-16-4-2-9(3-5-16)15-13(19)8-11-12(18)6-10(17)7-14(11)20-15/h6-7,9,13,15,17-19H,2-5,8H2,1H3. The van der Waals surface area contributed by atoms with E-state index >= 15 is 0 Å². The lowest BCUT2D eigenvalue weighted by atomic mass is 9.84. The van der Waals surface area contributed by atoms with Crippen LogP contribution in [0.1, 0.15) is 18.4 Å². The number of ether oxygens (including phenoxy) is 1.